The van der Waals surface area contributed by atoms with Gasteiger partial charge in [0, 0.05) is 51.0 Å². The number of hydrogen-bond donors (Lipinski definition) is 1. The lowest BCUT2D eigenvalue weighted by atomic mass is 10.2. The molecule has 1 N–H and O–H groups in total. The summed E-state index contributed by atoms with van der Waals surface area (Å²) < 4.78 is 12.6. The summed E-state index contributed by atoms with van der Waals surface area (Å²) in [4.78, 5) is 4.13. The van der Waals surface area contributed by atoms with E-state index in [1.807, 2.05) is 42.5 Å². The monoisotopic (exact) mass is 480 g/mol. The van der Waals surface area contributed by atoms with Crippen LogP contribution < -0.4 is 14.8 Å². The first kappa shape index (κ1) is 20.9. The molecule has 0 amide bonds. The third-order valence-electron chi connectivity index (χ3n) is 3.90. The van der Waals surface area contributed by atoms with Gasteiger partial charge in [0.05, 0.1) is 0 Å². The van der Waals surface area contributed by atoms with Crippen molar-refractivity contribution in [3.05, 3.63) is 86.4 Å². The van der Waals surface area contributed by atoms with E-state index in [1.54, 1.807) is 18.3 Å². The van der Waals surface area contributed by atoms with Crippen LogP contribution in [0.4, 0.5) is 0 Å². The first-order chi connectivity index (χ1) is 13.6. The van der Waals surface area contributed by atoms with Gasteiger partial charge in [0.15, 0.2) is 0 Å². The molecule has 0 aliphatic rings. The number of nitrogens with one attached hydrogen (secondary N) is 1. The molecule has 28 heavy (non-hydrogen) atoms. The average molecular weight is 482 g/mol. The summed E-state index contributed by atoms with van der Waals surface area (Å²) in [6.07, 6.45) is 1.71. The molecule has 0 spiro atoms. The third kappa shape index (κ3) is 6.38. The molecule has 0 saturated carbocycles. The van der Waals surface area contributed by atoms with E-state index in [1.165, 1.54) is 0 Å². The smallest absolute Gasteiger partial charge is 0.213 e. The summed E-state index contributed by atoms with van der Waals surface area (Å²) >= 11 is 15.7. The molecule has 1 aromatic heterocycles. The summed E-state index contributed by atoms with van der Waals surface area (Å²) in [6, 6.07) is 16.9. The van der Waals surface area contributed by atoms with Crippen molar-refractivity contribution in [2.24, 2.45) is 0 Å². The van der Waals surface area contributed by atoms with E-state index in [0.717, 1.165) is 21.3 Å². The normalized spacial score (nSPS) is 10.7. The number of benzene rings is 2. The van der Waals surface area contributed by atoms with Crippen LogP contribution >= 0.6 is 39.1 Å². The topological polar surface area (TPSA) is 43.4 Å². The maximum atomic E-state index is 6.23. The van der Waals surface area contributed by atoms with Gasteiger partial charge in [0.25, 0.3) is 0 Å². The maximum Gasteiger partial charge on any atom is 0.213 e. The van der Waals surface area contributed by atoms with Crippen molar-refractivity contribution < 1.29 is 9.47 Å². The lowest BCUT2D eigenvalue weighted by molar-refractivity contribution is 0.295. The van der Waals surface area contributed by atoms with Crippen LogP contribution in [0.15, 0.2) is 65.3 Å². The Morgan fingerprint density at radius 2 is 1.86 bits per heavy atom. The number of ether oxygens (including phenoxy) is 2. The van der Waals surface area contributed by atoms with E-state index >= 15 is 0 Å². The standard InChI is InChI=1S/C21H19BrCl2N2O2/c22-17-5-7-20(28-14-15-4-6-18(23)12-19(15)24)16(11-17)13-25-9-10-27-21-3-1-2-8-26-21/h1-8,11-12,25H,9-10,13-14H2. The van der Waals surface area contributed by atoms with Gasteiger partial charge >= 0.3 is 0 Å². The van der Waals surface area contributed by atoms with Crippen LogP contribution in [0.2, 0.25) is 10.0 Å². The largest absolute Gasteiger partial charge is 0.489 e. The summed E-state index contributed by atoms with van der Waals surface area (Å²) in [5.41, 5.74) is 1.92. The van der Waals surface area contributed by atoms with E-state index in [4.69, 9.17) is 32.7 Å². The number of rotatable bonds is 9. The van der Waals surface area contributed by atoms with Gasteiger partial charge in [-0.05, 0) is 36.4 Å². The van der Waals surface area contributed by atoms with Crippen LogP contribution in [0.25, 0.3) is 0 Å². The number of halogens is 3. The Morgan fingerprint density at radius 1 is 0.964 bits per heavy atom. The lowest BCUT2D eigenvalue weighted by Crippen LogP contribution is -2.21. The number of pyridine rings is 1. The molecule has 4 nitrogen and oxygen atoms in total. The Balaban J connectivity index is 1.53. The van der Waals surface area contributed by atoms with E-state index in [9.17, 15) is 0 Å². The molecule has 0 aliphatic carbocycles. The fourth-order valence-corrected chi connectivity index (χ4v) is 3.38. The highest BCUT2D eigenvalue weighted by molar-refractivity contribution is 9.10. The second-order valence-corrected chi connectivity index (χ2v) is 7.73. The minimum Gasteiger partial charge on any atom is -0.489 e. The van der Waals surface area contributed by atoms with Crippen LogP contribution in [0.1, 0.15) is 11.1 Å². The molecular formula is C21H19BrCl2N2O2. The zero-order valence-corrected chi connectivity index (χ0v) is 18.1. The van der Waals surface area contributed by atoms with Crippen molar-refractivity contribution >= 4 is 39.1 Å². The average Bonchev–Trinajstić information content (AvgIpc) is 2.69. The van der Waals surface area contributed by atoms with Crippen molar-refractivity contribution in [3.8, 4) is 11.6 Å². The van der Waals surface area contributed by atoms with E-state index < -0.39 is 0 Å². The summed E-state index contributed by atoms with van der Waals surface area (Å²) in [6.45, 7) is 2.23. The fourth-order valence-electron chi connectivity index (χ4n) is 2.50. The van der Waals surface area contributed by atoms with Crippen molar-refractivity contribution in [3.63, 3.8) is 0 Å². The molecular weight excluding hydrogens is 463 g/mol. The Kier molecular flexibility index (Phi) is 7.98. The molecule has 2 aromatic carbocycles. The molecule has 0 bridgehead atoms. The second kappa shape index (κ2) is 10.7. The van der Waals surface area contributed by atoms with Crippen LogP contribution in [-0.2, 0) is 13.2 Å². The highest BCUT2D eigenvalue weighted by Crippen LogP contribution is 2.26. The molecule has 0 saturated heterocycles. The van der Waals surface area contributed by atoms with Gasteiger partial charge < -0.3 is 14.8 Å². The molecule has 3 rings (SSSR count). The molecule has 0 aliphatic heterocycles. The zero-order valence-electron chi connectivity index (χ0n) is 15.0. The van der Waals surface area contributed by atoms with Gasteiger partial charge in [-0.15, -0.1) is 0 Å². The van der Waals surface area contributed by atoms with Gasteiger partial charge in [-0.2, -0.15) is 0 Å². The van der Waals surface area contributed by atoms with E-state index in [2.05, 4.69) is 26.2 Å². The van der Waals surface area contributed by atoms with E-state index in [0.29, 0.717) is 42.2 Å². The summed E-state index contributed by atoms with van der Waals surface area (Å²) in [7, 11) is 0. The molecule has 3 aromatic rings. The van der Waals surface area contributed by atoms with Crippen LogP contribution in [0.3, 0.4) is 0 Å². The quantitative estimate of drug-likeness (QED) is 0.386. The highest BCUT2D eigenvalue weighted by atomic mass is 79.9. The first-order valence-electron chi connectivity index (χ1n) is 8.71. The molecule has 1 heterocycles. The van der Waals surface area contributed by atoms with Crippen LogP contribution in [-0.4, -0.2) is 18.1 Å². The lowest BCUT2D eigenvalue weighted by Gasteiger charge is -2.14. The maximum absolute atomic E-state index is 6.23. The molecule has 146 valence electrons. The summed E-state index contributed by atoms with van der Waals surface area (Å²) in [5.74, 6) is 1.42. The Bertz CT molecular complexity index is 910. The van der Waals surface area contributed by atoms with Crippen LogP contribution in [0.5, 0.6) is 11.6 Å². The minimum absolute atomic E-state index is 0.368. The first-order valence-corrected chi connectivity index (χ1v) is 10.3. The molecule has 0 atom stereocenters. The zero-order chi connectivity index (χ0) is 19.8. The minimum atomic E-state index is 0.368. The Morgan fingerprint density at radius 3 is 2.64 bits per heavy atom. The molecule has 0 fully saturated rings. The predicted molar refractivity (Wildman–Crippen MR) is 116 cm³/mol. The van der Waals surface area contributed by atoms with Crippen molar-refractivity contribution in [2.75, 3.05) is 13.2 Å². The van der Waals surface area contributed by atoms with Crippen molar-refractivity contribution in [2.45, 2.75) is 13.2 Å². The van der Waals surface area contributed by atoms with E-state index in [-0.39, 0.29) is 0 Å². The molecule has 7 heteroatoms. The van der Waals surface area contributed by atoms with Crippen LogP contribution in [0, 0.1) is 0 Å². The van der Waals surface area contributed by atoms with Gasteiger partial charge in [0.2, 0.25) is 5.88 Å². The van der Waals surface area contributed by atoms with Gasteiger partial charge in [-0.3, -0.25) is 0 Å². The number of aromatic nitrogens is 1. The van der Waals surface area contributed by atoms with Gasteiger partial charge in [0.1, 0.15) is 19.0 Å². The van der Waals surface area contributed by atoms with Gasteiger partial charge in [-0.1, -0.05) is 51.3 Å². The van der Waals surface area contributed by atoms with Crippen molar-refractivity contribution in [1.82, 2.24) is 10.3 Å². The highest BCUT2D eigenvalue weighted by Gasteiger charge is 2.07. The number of hydrogen-bond acceptors (Lipinski definition) is 4. The molecule has 0 radical (unpaired) electrons. The molecule has 0 unspecified atom stereocenters. The predicted octanol–water partition coefficient (Wildman–Crippen LogP) is 5.90. The Labute approximate surface area is 182 Å². The number of nitrogens with zero attached hydrogens (tertiary/aromatic N) is 1. The SMILES string of the molecule is Clc1ccc(COc2ccc(Br)cc2CNCCOc2ccccn2)c(Cl)c1. The van der Waals surface area contributed by atoms with Gasteiger partial charge in [-0.25, -0.2) is 4.98 Å². The van der Waals surface area contributed by atoms with Crippen molar-refractivity contribution in [1.29, 1.82) is 0 Å². The second-order valence-electron chi connectivity index (χ2n) is 5.97. The Hall–Kier alpha value is -1.79. The fraction of sp³-hybridized carbons (Fsp3) is 0.190. The third-order valence-corrected chi connectivity index (χ3v) is 4.98. The summed E-state index contributed by atoms with van der Waals surface area (Å²) in [5, 5.41) is 4.56.